The summed E-state index contributed by atoms with van der Waals surface area (Å²) in [6.07, 6.45) is 1.92. The third-order valence-electron chi connectivity index (χ3n) is 2.71. The summed E-state index contributed by atoms with van der Waals surface area (Å²) in [7, 11) is 0. The van der Waals surface area contributed by atoms with Gasteiger partial charge >= 0.3 is 6.03 Å². The Bertz CT molecular complexity index is 275. The minimum Gasteiger partial charge on any atom is -0.368 e. The first-order valence-corrected chi connectivity index (χ1v) is 6.07. The maximum Gasteiger partial charge on any atom is 0.318 e. The maximum atomic E-state index is 12.0. The highest BCUT2D eigenvalue weighted by Gasteiger charge is 2.26. The lowest BCUT2D eigenvalue weighted by molar-refractivity contribution is -0.119. The Kier molecular flexibility index (Phi) is 5.21. The van der Waals surface area contributed by atoms with Crippen LogP contribution < -0.4 is 16.4 Å². The van der Waals surface area contributed by atoms with Crippen molar-refractivity contribution in [3.8, 4) is 0 Å². The number of hydrogen-bond donors (Lipinski definition) is 3. The molecule has 0 aliphatic carbocycles. The standard InChI is InChI=1S/C11H22N4O2/c1-8(2)14-11(17)15(7-10(12)16)9-4-3-5-13-6-9/h8-9,13H,3-7H2,1-2H3,(H2,12,16)(H,14,17). The van der Waals surface area contributed by atoms with Crippen molar-refractivity contribution in [1.29, 1.82) is 0 Å². The van der Waals surface area contributed by atoms with Crippen LogP contribution in [0.15, 0.2) is 0 Å². The highest BCUT2D eigenvalue weighted by Crippen LogP contribution is 2.10. The second-order valence-electron chi connectivity index (χ2n) is 4.70. The lowest BCUT2D eigenvalue weighted by Crippen LogP contribution is -2.55. The Balaban J connectivity index is 2.64. The molecule has 0 aromatic carbocycles. The maximum absolute atomic E-state index is 12.0. The van der Waals surface area contributed by atoms with Crippen LogP contribution in [-0.2, 0) is 4.79 Å². The van der Waals surface area contributed by atoms with Crippen molar-refractivity contribution < 1.29 is 9.59 Å². The number of carbonyl (C=O) groups is 2. The third-order valence-corrected chi connectivity index (χ3v) is 2.71. The van der Waals surface area contributed by atoms with E-state index in [4.69, 9.17) is 5.73 Å². The van der Waals surface area contributed by atoms with E-state index >= 15 is 0 Å². The van der Waals surface area contributed by atoms with Gasteiger partial charge in [-0.05, 0) is 33.2 Å². The van der Waals surface area contributed by atoms with Gasteiger partial charge in [-0.25, -0.2) is 4.79 Å². The molecule has 3 amide bonds. The van der Waals surface area contributed by atoms with Crippen LogP contribution in [0, 0.1) is 0 Å². The van der Waals surface area contributed by atoms with Gasteiger partial charge in [0.1, 0.15) is 6.54 Å². The van der Waals surface area contributed by atoms with Gasteiger partial charge in [0, 0.05) is 18.6 Å². The average Bonchev–Trinajstić information content (AvgIpc) is 2.25. The second-order valence-corrected chi connectivity index (χ2v) is 4.70. The molecule has 0 aromatic rings. The van der Waals surface area contributed by atoms with Crippen molar-refractivity contribution in [3.63, 3.8) is 0 Å². The molecule has 1 rings (SSSR count). The van der Waals surface area contributed by atoms with E-state index in [0.29, 0.717) is 0 Å². The molecule has 1 saturated heterocycles. The van der Waals surface area contributed by atoms with E-state index in [2.05, 4.69) is 10.6 Å². The fourth-order valence-electron chi connectivity index (χ4n) is 1.96. The Labute approximate surface area is 102 Å². The molecular weight excluding hydrogens is 220 g/mol. The van der Waals surface area contributed by atoms with Gasteiger partial charge in [-0.15, -0.1) is 0 Å². The smallest absolute Gasteiger partial charge is 0.318 e. The second kappa shape index (κ2) is 6.44. The van der Waals surface area contributed by atoms with Crippen LogP contribution in [0.4, 0.5) is 4.79 Å². The van der Waals surface area contributed by atoms with Gasteiger partial charge in [0.25, 0.3) is 0 Å². The zero-order valence-electron chi connectivity index (χ0n) is 10.5. The molecule has 0 saturated carbocycles. The zero-order chi connectivity index (χ0) is 12.8. The molecule has 17 heavy (non-hydrogen) atoms. The number of hydrogen-bond acceptors (Lipinski definition) is 3. The summed E-state index contributed by atoms with van der Waals surface area (Å²) in [6, 6.07) is -0.114. The van der Waals surface area contributed by atoms with Crippen LogP contribution in [0.5, 0.6) is 0 Å². The summed E-state index contributed by atoms with van der Waals surface area (Å²) in [5.41, 5.74) is 5.19. The molecule has 0 bridgehead atoms. The number of primary amides is 1. The lowest BCUT2D eigenvalue weighted by Gasteiger charge is -2.34. The zero-order valence-corrected chi connectivity index (χ0v) is 10.5. The average molecular weight is 242 g/mol. The van der Waals surface area contributed by atoms with Crippen molar-refractivity contribution in [2.24, 2.45) is 5.73 Å². The molecule has 1 aliphatic heterocycles. The Morgan fingerprint density at radius 3 is 2.71 bits per heavy atom. The first-order valence-electron chi connectivity index (χ1n) is 6.07. The monoisotopic (exact) mass is 242 g/mol. The fraction of sp³-hybridized carbons (Fsp3) is 0.818. The van der Waals surface area contributed by atoms with Gasteiger partial charge in [0.15, 0.2) is 0 Å². The molecule has 4 N–H and O–H groups in total. The van der Waals surface area contributed by atoms with Gasteiger partial charge in [-0.1, -0.05) is 0 Å². The van der Waals surface area contributed by atoms with Crippen molar-refractivity contribution >= 4 is 11.9 Å². The largest absolute Gasteiger partial charge is 0.368 e. The number of nitrogens with one attached hydrogen (secondary N) is 2. The predicted molar refractivity (Wildman–Crippen MR) is 65.5 cm³/mol. The Morgan fingerprint density at radius 2 is 2.24 bits per heavy atom. The number of carbonyl (C=O) groups excluding carboxylic acids is 2. The number of nitrogens with zero attached hydrogens (tertiary/aromatic N) is 1. The molecule has 1 unspecified atom stereocenters. The third kappa shape index (κ3) is 4.60. The summed E-state index contributed by atoms with van der Waals surface area (Å²) in [5.74, 6) is -0.477. The van der Waals surface area contributed by atoms with E-state index < -0.39 is 5.91 Å². The van der Waals surface area contributed by atoms with Crippen molar-refractivity contribution in [2.75, 3.05) is 19.6 Å². The summed E-state index contributed by atoms with van der Waals surface area (Å²) in [4.78, 5) is 24.5. The van der Waals surface area contributed by atoms with Crippen molar-refractivity contribution in [3.05, 3.63) is 0 Å². The molecule has 1 aliphatic rings. The highest BCUT2D eigenvalue weighted by molar-refractivity contribution is 5.83. The Hall–Kier alpha value is -1.30. The van der Waals surface area contributed by atoms with Crippen LogP contribution >= 0.6 is 0 Å². The Morgan fingerprint density at radius 1 is 1.53 bits per heavy atom. The molecule has 0 aromatic heterocycles. The van der Waals surface area contributed by atoms with Crippen LogP contribution in [-0.4, -0.2) is 48.6 Å². The van der Waals surface area contributed by atoms with Crippen LogP contribution in [0.2, 0.25) is 0 Å². The van der Waals surface area contributed by atoms with E-state index in [1.807, 2.05) is 13.8 Å². The summed E-state index contributed by atoms with van der Waals surface area (Å²) < 4.78 is 0. The summed E-state index contributed by atoms with van der Waals surface area (Å²) in [6.45, 7) is 5.44. The van der Waals surface area contributed by atoms with E-state index in [9.17, 15) is 9.59 Å². The molecule has 1 heterocycles. The topological polar surface area (TPSA) is 87.5 Å². The number of amides is 3. The molecule has 0 radical (unpaired) electrons. The molecular formula is C11H22N4O2. The van der Waals surface area contributed by atoms with Crippen molar-refractivity contribution in [2.45, 2.75) is 38.8 Å². The van der Waals surface area contributed by atoms with Crippen LogP contribution in [0.3, 0.4) is 0 Å². The predicted octanol–water partition coefficient (Wildman–Crippen LogP) is -0.356. The number of rotatable bonds is 4. The SMILES string of the molecule is CC(C)NC(=O)N(CC(N)=O)C1CCCNC1. The van der Waals surface area contributed by atoms with Gasteiger partial charge < -0.3 is 21.3 Å². The number of piperidine rings is 1. The molecule has 1 atom stereocenters. The first-order chi connectivity index (χ1) is 8.00. The van der Waals surface area contributed by atoms with Crippen molar-refractivity contribution in [1.82, 2.24) is 15.5 Å². The van der Waals surface area contributed by atoms with Gasteiger partial charge in [0.05, 0.1) is 0 Å². The van der Waals surface area contributed by atoms with E-state index in [1.54, 1.807) is 0 Å². The highest BCUT2D eigenvalue weighted by atomic mass is 16.2. The van der Waals surface area contributed by atoms with E-state index in [1.165, 1.54) is 4.90 Å². The normalized spacial score (nSPS) is 20.1. The lowest BCUT2D eigenvalue weighted by atomic mass is 10.1. The minimum atomic E-state index is -0.477. The summed E-state index contributed by atoms with van der Waals surface area (Å²) in [5, 5.41) is 6.02. The number of urea groups is 1. The van der Waals surface area contributed by atoms with E-state index in [-0.39, 0.29) is 24.7 Å². The molecule has 1 fully saturated rings. The first kappa shape index (κ1) is 13.8. The molecule has 6 nitrogen and oxygen atoms in total. The van der Waals surface area contributed by atoms with Crippen LogP contribution in [0.1, 0.15) is 26.7 Å². The van der Waals surface area contributed by atoms with E-state index in [0.717, 1.165) is 25.9 Å². The fourth-order valence-corrected chi connectivity index (χ4v) is 1.96. The van der Waals surface area contributed by atoms with Gasteiger partial charge in [-0.3, -0.25) is 4.79 Å². The molecule has 98 valence electrons. The summed E-state index contributed by atoms with van der Waals surface area (Å²) >= 11 is 0. The van der Waals surface area contributed by atoms with Gasteiger partial charge in [0.2, 0.25) is 5.91 Å². The minimum absolute atomic E-state index is 0.0229. The number of nitrogens with two attached hydrogens (primary N) is 1. The van der Waals surface area contributed by atoms with Crippen LogP contribution in [0.25, 0.3) is 0 Å². The quantitative estimate of drug-likeness (QED) is 0.629. The van der Waals surface area contributed by atoms with Gasteiger partial charge in [-0.2, -0.15) is 0 Å². The molecule has 0 spiro atoms. The molecule has 6 heteroatoms.